The molecule has 0 saturated heterocycles. The Morgan fingerprint density at radius 1 is 1.10 bits per heavy atom. The average Bonchev–Trinajstić information content (AvgIpc) is 2.45. The molecule has 2 rings (SSSR count). The van der Waals surface area contributed by atoms with Gasteiger partial charge in [-0.1, -0.05) is 29.8 Å². The molecule has 2 aromatic rings. The second kappa shape index (κ2) is 6.64. The van der Waals surface area contributed by atoms with E-state index in [1.54, 1.807) is 31.2 Å². The van der Waals surface area contributed by atoms with Crippen molar-refractivity contribution in [3.63, 3.8) is 0 Å². The SMILES string of the molecule is Cc1cccc(C)c1NC(=O)[C@H](C)Oc1ccc(Cl)cc1. The van der Waals surface area contributed by atoms with Crippen molar-refractivity contribution in [2.45, 2.75) is 26.9 Å². The first-order chi connectivity index (χ1) is 9.97. The fourth-order valence-electron chi connectivity index (χ4n) is 2.01. The van der Waals surface area contributed by atoms with E-state index in [0.717, 1.165) is 16.8 Å². The fraction of sp³-hybridized carbons (Fsp3) is 0.235. The topological polar surface area (TPSA) is 38.3 Å². The number of carbonyl (C=O) groups is 1. The van der Waals surface area contributed by atoms with Crippen molar-refractivity contribution in [2.24, 2.45) is 0 Å². The first-order valence-corrected chi connectivity index (χ1v) is 7.14. The summed E-state index contributed by atoms with van der Waals surface area (Å²) < 4.78 is 5.61. The van der Waals surface area contributed by atoms with E-state index in [4.69, 9.17) is 16.3 Å². The number of hydrogen-bond acceptors (Lipinski definition) is 2. The molecule has 4 heteroatoms. The minimum absolute atomic E-state index is 0.178. The molecule has 0 aromatic heterocycles. The first-order valence-electron chi connectivity index (χ1n) is 6.76. The van der Waals surface area contributed by atoms with Crippen molar-refractivity contribution < 1.29 is 9.53 Å². The van der Waals surface area contributed by atoms with E-state index in [0.29, 0.717) is 10.8 Å². The van der Waals surface area contributed by atoms with Crippen molar-refractivity contribution in [1.29, 1.82) is 0 Å². The van der Waals surface area contributed by atoms with Crippen LogP contribution in [0.3, 0.4) is 0 Å². The van der Waals surface area contributed by atoms with Crippen molar-refractivity contribution in [2.75, 3.05) is 5.32 Å². The highest BCUT2D eigenvalue weighted by atomic mass is 35.5. The van der Waals surface area contributed by atoms with E-state index in [-0.39, 0.29) is 5.91 Å². The molecular formula is C17H18ClNO2. The maximum Gasteiger partial charge on any atom is 0.265 e. The van der Waals surface area contributed by atoms with Crippen molar-refractivity contribution >= 4 is 23.2 Å². The van der Waals surface area contributed by atoms with E-state index in [2.05, 4.69) is 5.32 Å². The lowest BCUT2D eigenvalue weighted by atomic mass is 10.1. The lowest BCUT2D eigenvalue weighted by Crippen LogP contribution is -2.30. The number of benzene rings is 2. The van der Waals surface area contributed by atoms with E-state index in [9.17, 15) is 4.79 Å². The molecule has 0 spiro atoms. The van der Waals surface area contributed by atoms with Gasteiger partial charge in [-0.2, -0.15) is 0 Å². The lowest BCUT2D eigenvalue weighted by Gasteiger charge is -2.17. The molecule has 0 aliphatic heterocycles. The maximum atomic E-state index is 12.2. The number of halogens is 1. The standard InChI is InChI=1S/C17H18ClNO2/c1-11-5-4-6-12(2)16(11)19-17(20)13(3)21-15-9-7-14(18)8-10-15/h4-10,13H,1-3H3,(H,19,20)/t13-/m0/s1. The molecule has 3 nitrogen and oxygen atoms in total. The number of aryl methyl sites for hydroxylation is 2. The molecule has 1 atom stereocenters. The summed E-state index contributed by atoms with van der Waals surface area (Å²) in [6.45, 7) is 5.65. The Labute approximate surface area is 129 Å². The van der Waals surface area contributed by atoms with Gasteiger partial charge in [-0.15, -0.1) is 0 Å². The Morgan fingerprint density at radius 3 is 2.24 bits per heavy atom. The summed E-state index contributed by atoms with van der Waals surface area (Å²) in [6, 6.07) is 12.8. The van der Waals surface area contributed by atoms with Gasteiger partial charge in [0.05, 0.1) is 0 Å². The van der Waals surface area contributed by atoms with Crippen LogP contribution in [0.15, 0.2) is 42.5 Å². The second-order valence-corrected chi connectivity index (χ2v) is 5.41. The summed E-state index contributed by atoms with van der Waals surface area (Å²) >= 11 is 5.82. The smallest absolute Gasteiger partial charge is 0.265 e. The van der Waals surface area contributed by atoms with Crippen molar-refractivity contribution in [3.8, 4) is 5.75 Å². The highest BCUT2D eigenvalue weighted by molar-refractivity contribution is 6.30. The molecule has 21 heavy (non-hydrogen) atoms. The molecule has 1 amide bonds. The number of para-hydroxylation sites is 1. The zero-order valence-electron chi connectivity index (χ0n) is 12.3. The molecular weight excluding hydrogens is 286 g/mol. The monoisotopic (exact) mass is 303 g/mol. The third-order valence-electron chi connectivity index (χ3n) is 3.23. The lowest BCUT2D eigenvalue weighted by molar-refractivity contribution is -0.122. The van der Waals surface area contributed by atoms with Gasteiger partial charge in [0.1, 0.15) is 5.75 Å². The summed E-state index contributed by atoms with van der Waals surface area (Å²) in [6.07, 6.45) is -0.592. The van der Waals surface area contributed by atoms with Gasteiger partial charge >= 0.3 is 0 Å². The Kier molecular flexibility index (Phi) is 4.86. The third-order valence-corrected chi connectivity index (χ3v) is 3.48. The Morgan fingerprint density at radius 2 is 1.67 bits per heavy atom. The Bertz CT molecular complexity index is 617. The number of nitrogens with one attached hydrogen (secondary N) is 1. The normalized spacial score (nSPS) is 11.8. The predicted octanol–water partition coefficient (Wildman–Crippen LogP) is 4.36. The predicted molar refractivity (Wildman–Crippen MR) is 86.1 cm³/mol. The summed E-state index contributed by atoms with van der Waals surface area (Å²) in [5, 5.41) is 3.55. The van der Waals surface area contributed by atoms with Gasteiger partial charge in [0.25, 0.3) is 5.91 Å². The van der Waals surface area contributed by atoms with Crippen molar-refractivity contribution in [3.05, 3.63) is 58.6 Å². The van der Waals surface area contributed by atoms with E-state index < -0.39 is 6.10 Å². The highest BCUT2D eigenvalue weighted by Gasteiger charge is 2.16. The number of anilines is 1. The van der Waals surface area contributed by atoms with Crippen LogP contribution in [-0.2, 0) is 4.79 Å². The van der Waals surface area contributed by atoms with Gasteiger partial charge in [0.2, 0.25) is 0 Å². The molecule has 0 saturated carbocycles. The molecule has 0 aliphatic rings. The zero-order chi connectivity index (χ0) is 15.4. The summed E-state index contributed by atoms with van der Waals surface area (Å²) in [5.74, 6) is 0.436. The molecule has 110 valence electrons. The second-order valence-electron chi connectivity index (χ2n) is 4.97. The minimum Gasteiger partial charge on any atom is -0.481 e. The van der Waals surface area contributed by atoms with E-state index in [1.807, 2.05) is 32.0 Å². The summed E-state index contributed by atoms with van der Waals surface area (Å²) in [7, 11) is 0. The number of amides is 1. The van der Waals surface area contributed by atoms with Crippen LogP contribution in [0.2, 0.25) is 5.02 Å². The van der Waals surface area contributed by atoms with Gasteiger partial charge < -0.3 is 10.1 Å². The van der Waals surface area contributed by atoms with Crippen LogP contribution in [0.25, 0.3) is 0 Å². The molecule has 1 N–H and O–H groups in total. The molecule has 0 radical (unpaired) electrons. The number of rotatable bonds is 4. The largest absolute Gasteiger partial charge is 0.481 e. The Balaban J connectivity index is 2.04. The zero-order valence-corrected chi connectivity index (χ0v) is 13.1. The van der Waals surface area contributed by atoms with Gasteiger partial charge in [0.15, 0.2) is 6.10 Å². The summed E-state index contributed by atoms with van der Waals surface area (Å²) in [4.78, 5) is 12.2. The number of ether oxygens (including phenoxy) is 1. The molecule has 0 fully saturated rings. The molecule has 0 aliphatic carbocycles. The minimum atomic E-state index is -0.592. The van der Waals surface area contributed by atoms with Gasteiger partial charge in [-0.25, -0.2) is 0 Å². The first kappa shape index (κ1) is 15.4. The van der Waals surface area contributed by atoms with Crippen LogP contribution in [0.5, 0.6) is 5.75 Å². The maximum absolute atomic E-state index is 12.2. The van der Waals surface area contributed by atoms with Crippen LogP contribution in [0.4, 0.5) is 5.69 Å². The van der Waals surface area contributed by atoms with Gasteiger partial charge in [0, 0.05) is 10.7 Å². The van der Waals surface area contributed by atoms with Gasteiger partial charge in [-0.05, 0) is 56.2 Å². The van der Waals surface area contributed by atoms with Crippen LogP contribution >= 0.6 is 11.6 Å². The number of hydrogen-bond donors (Lipinski definition) is 1. The molecule has 2 aromatic carbocycles. The molecule has 0 heterocycles. The third kappa shape index (κ3) is 3.99. The highest BCUT2D eigenvalue weighted by Crippen LogP contribution is 2.21. The van der Waals surface area contributed by atoms with Crippen LogP contribution < -0.4 is 10.1 Å². The number of carbonyl (C=O) groups excluding carboxylic acids is 1. The average molecular weight is 304 g/mol. The fourth-order valence-corrected chi connectivity index (χ4v) is 2.13. The summed E-state index contributed by atoms with van der Waals surface area (Å²) in [5.41, 5.74) is 2.90. The van der Waals surface area contributed by atoms with Crippen LogP contribution in [0.1, 0.15) is 18.1 Å². The molecule has 0 bridgehead atoms. The van der Waals surface area contributed by atoms with Crippen LogP contribution in [0, 0.1) is 13.8 Å². The van der Waals surface area contributed by atoms with Crippen LogP contribution in [-0.4, -0.2) is 12.0 Å². The van der Waals surface area contributed by atoms with E-state index >= 15 is 0 Å². The van der Waals surface area contributed by atoms with E-state index in [1.165, 1.54) is 0 Å². The Hall–Kier alpha value is -2.00. The quantitative estimate of drug-likeness (QED) is 0.911. The van der Waals surface area contributed by atoms with Gasteiger partial charge in [-0.3, -0.25) is 4.79 Å². The molecule has 0 unspecified atom stereocenters. The van der Waals surface area contributed by atoms with Crippen molar-refractivity contribution in [1.82, 2.24) is 0 Å².